The molecular formula is C15H27BrO3S. The van der Waals surface area contributed by atoms with Crippen LogP contribution in [0.15, 0.2) is 0 Å². The summed E-state index contributed by atoms with van der Waals surface area (Å²) >= 11 is 4.79. The summed E-state index contributed by atoms with van der Waals surface area (Å²) in [6.45, 7) is 3.76. The fraction of sp³-hybridized carbons (Fsp3) is 0.867. The van der Waals surface area contributed by atoms with Gasteiger partial charge in [-0.15, -0.1) is 0 Å². The summed E-state index contributed by atoms with van der Waals surface area (Å²) in [6.07, 6.45) is 9.17. The van der Waals surface area contributed by atoms with Crippen LogP contribution in [0, 0.1) is 0 Å². The number of hydrogen-bond donors (Lipinski definition) is 1. The van der Waals surface area contributed by atoms with Crippen molar-refractivity contribution in [3.63, 3.8) is 0 Å². The highest BCUT2D eigenvalue weighted by molar-refractivity contribution is 9.10. The summed E-state index contributed by atoms with van der Waals surface area (Å²) in [7, 11) is 0. The van der Waals surface area contributed by atoms with Gasteiger partial charge in [0.15, 0.2) is 0 Å². The molecule has 0 aromatic heterocycles. The summed E-state index contributed by atoms with van der Waals surface area (Å²) in [5, 5.41) is 8.70. The Hall–Kier alpha value is -0.0300. The van der Waals surface area contributed by atoms with Gasteiger partial charge in [-0.2, -0.15) is 0 Å². The Bertz CT molecular complexity index is 287. The second kappa shape index (κ2) is 11.6. The first-order chi connectivity index (χ1) is 9.34. The zero-order valence-electron chi connectivity index (χ0n) is 12.6. The molecular weight excluding hydrogens is 340 g/mol. The van der Waals surface area contributed by atoms with Crippen molar-refractivity contribution in [2.45, 2.75) is 76.0 Å². The van der Waals surface area contributed by atoms with E-state index < -0.39 is 10.3 Å². The molecule has 0 atom stereocenters. The largest absolute Gasteiger partial charge is 0.481 e. The van der Waals surface area contributed by atoms with Gasteiger partial charge < -0.3 is 5.11 Å². The van der Waals surface area contributed by atoms with E-state index in [0.717, 1.165) is 31.4 Å². The van der Waals surface area contributed by atoms with E-state index >= 15 is 0 Å². The van der Waals surface area contributed by atoms with E-state index in [1.54, 1.807) is 0 Å². The number of carbonyl (C=O) groups is 2. The molecule has 0 fully saturated rings. The first kappa shape index (κ1) is 20.0. The number of carbonyl (C=O) groups excluding carboxylic acids is 1. The summed E-state index contributed by atoms with van der Waals surface area (Å²) in [5.41, 5.74) is 0. The van der Waals surface area contributed by atoms with Crippen molar-refractivity contribution in [2.24, 2.45) is 0 Å². The van der Waals surface area contributed by atoms with Crippen LogP contribution in [0.25, 0.3) is 0 Å². The fourth-order valence-corrected chi connectivity index (χ4v) is 3.00. The van der Waals surface area contributed by atoms with Gasteiger partial charge in [-0.3, -0.25) is 9.59 Å². The maximum atomic E-state index is 11.6. The molecule has 0 aliphatic heterocycles. The Morgan fingerprint density at radius 3 is 1.85 bits per heavy atom. The molecule has 118 valence electrons. The molecule has 0 radical (unpaired) electrons. The first-order valence-corrected chi connectivity index (χ1v) is 9.20. The number of unbranched alkanes of at least 4 members (excludes halogenated alkanes) is 7. The van der Waals surface area contributed by atoms with Gasteiger partial charge in [0.1, 0.15) is 0 Å². The third-order valence-corrected chi connectivity index (χ3v) is 4.89. The van der Waals surface area contributed by atoms with E-state index in [1.807, 2.05) is 13.8 Å². The van der Waals surface area contributed by atoms with Crippen molar-refractivity contribution in [2.75, 3.05) is 5.75 Å². The van der Waals surface area contributed by atoms with E-state index in [2.05, 4.69) is 15.9 Å². The summed E-state index contributed by atoms with van der Waals surface area (Å²) in [4.78, 5) is 21.9. The van der Waals surface area contributed by atoms with Crippen LogP contribution in [0.4, 0.5) is 0 Å². The molecule has 0 bridgehead atoms. The number of carboxylic acid groups (broad SMARTS) is 1. The zero-order chi connectivity index (χ0) is 15.4. The zero-order valence-corrected chi connectivity index (χ0v) is 15.0. The lowest BCUT2D eigenvalue weighted by molar-refractivity contribution is -0.137. The SMILES string of the molecule is CC(C)(Br)C(=O)SCCCCCCCCCCC(=O)O. The number of thioether (sulfide) groups is 1. The topological polar surface area (TPSA) is 54.4 Å². The van der Waals surface area contributed by atoms with Gasteiger partial charge in [0.25, 0.3) is 0 Å². The van der Waals surface area contributed by atoms with Crippen molar-refractivity contribution >= 4 is 38.8 Å². The molecule has 0 rings (SSSR count). The van der Waals surface area contributed by atoms with E-state index in [-0.39, 0.29) is 5.12 Å². The van der Waals surface area contributed by atoms with Gasteiger partial charge in [0.2, 0.25) is 5.12 Å². The van der Waals surface area contributed by atoms with Crippen LogP contribution in [0.5, 0.6) is 0 Å². The van der Waals surface area contributed by atoms with Crippen LogP contribution in [0.2, 0.25) is 0 Å². The Balaban J connectivity index is 3.21. The number of halogens is 1. The van der Waals surface area contributed by atoms with Crippen molar-refractivity contribution in [3.8, 4) is 0 Å². The first-order valence-electron chi connectivity index (χ1n) is 7.42. The lowest BCUT2D eigenvalue weighted by Gasteiger charge is -2.13. The monoisotopic (exact) mass is 366 g/mol. The van der Waals surface area contributed by atoms with Gasteiger partial charge in [0, 0.05) is 12.2 Å². The van der Waals surface area contributed by atoms with E-state index in [4.69, 9.17) is 5.11 Å². The molecule has 0 aliphatic rings. The molecule has 20 heavy (non-hydrogen) atoms. The quantitative estimate of drug-likeness (QED) is 0.389. The van der Waals surface area contributed by atoms with Crippen LogP contribution < -0.4 is 0 Å². The van der Waals surface area contributed by atoms with E-state index in [1.165, 1.54) is 37.4 Å². The van der Waals surface area contributed by atoms with Crippen LogP contribution >= 0.6 is 27.7 Å². The third kappa shape index (κ3) is 13.0. The van der Waals surface area contributed by atoms with Crippen molar-refractivity contribution in [3.05, 3.63) is 0 Å². The Kier molecular flexibility index (Phi) is 11.6. The van der Waals surface area contributed by atoms with Crippen molar-refractivity contribution < 1.29 is 14.7 Å². The molecule has 0 heterocycles. The van der Waals surface area contributed by atoms with Gasteiger partial charge >= 0.3 is 5.97 Å². The number of hydrogen-bond acceptors (Lipinski definition) is 3. The lowest BCUT2D eigenvalue weighted by atomic mass is 10.1. The molecule has 0 aliphatic carbocycles. The average Bonchev–Trinajstić information content (AvgIpc) is 2.34. The van der Waals surface area contributed by atoms with E-state index in [9.17, 15) is 9.59 Å². The highest BCUT2D eigenvalue weighted by Crippen LogP contribution is 2.24. The predicted molar refractivity (Wildman–Crippen MR) is 89.7 cm³/mol. The molecule has 0 saturated carbocycles. The lowest BCUT2D eigenvalue weighted by Crippen LogP contribution is -2.20. The normalized spacial score (nSPS) is 11.6. The van der Waals surface area contributed by atoms with Crippen molar-refractivity contribution in [1.29, 1.82) is 0 Å². The Labute approximate surface area is 135 Å². The molecule has 0 saturated heterocycles. The molecule has 0 spiro atoms. The van der Waals surface area contributed by atoms with Crippen molar-refractivity contribution in [1.82, 2.24) is 0 Å². The predicted octanol–water partition coefficient (Wildman–Crippen LogP) is 5.02. The van der Waals surface area contributed by atoms with E-state index in [0.29, 0.717) is 6.42 Å². The number of alkyl halides is 1. The summed E-state index contributed by atoms with van der Waals surface area (Å²) in [6, 6.07) is 0. The van der Waals surface area contributed by atoms with Crippen LogP contribution in [0.3, 0.4) is 0 Å². The molecule has 0 aromatic carbocycles. The summed E-state index contributed by atoms with van der Waals surface area (Å²) < 4.78 is -0.409. The minimum Gasteiger partial charge on any atom is -0.481 e. The molecule has 1 N–H and O–H groups in total. The standard InChI is InChI=1S/C15H27BrO3S/c1-15(2,16)14(19)20-12-10-8-6-4-3-5-7-9-11-13(17)18/h3-12H2,1-2H3,(H,17,18). The molecule has 0 aromatic rings. The molecule has 0 unspecified atom stereocenters. The summed E-state index contributed by atoms with van der Waals surface area (Å²) in [5.74, 6) is 0.218. The smallest absolute Gasteiger partial charge is 0.303 e. The maximum absolute atomic E-state index is 11.6. The highest BCUT2D eigenvalue weighted by Gasteiger charge is 2.23. The Morgan fingerprint density at radius 1 is 0.950 bits per heavy atom. The fourth-order valence-electron chi connectivity index (χ4n) is 1.78. The molecule has 0 amide bonds. The number of aliphatic carboxylic acids is 1. The minimum absolute atomic E-state index is 0.205. The van der Waals surface area contributed by atoms with Crippen LogP contribution in [0.1, 0.15) is 71.6 Å². The van der Waals surface area contributed by atoms with Gasteiger partial charge in [-0.05, 0) is 26.7 Å². The van der Waals surface area contributed by atoms with Crippen LogP contribution in [-0.4, -0.2) is 26.3 Å². The third-order valence-electron chi connectivity index (χ3n) is 3.00. The van der Waals surface area contributed by atoms with Gasteiger partial charge in [-0.1, -0.05) is 66.2 Å². The highest BCUT2D eigenvalue weighted by atomic mass is 79.9. The Morgan fingerprint density at radius 2 is 1.40 bits per heavy atom. The maximum Gasteiger partial charge on any atom is 0.303 e. The molecule has 5 heteroatoms. The van der Waals surface area contributed by atoms with Gasteiger partial charge in [0.05, 0.1) is 4.32 Å². The number of rotatable bonds is 12. The molecule has 3 nitrogen and oxygen atoms in total. The minimum atomic E-state index is -0.691. The number of carboxylic acids is 1. The second-order valence-corrected chi connectivity index (χ2v) is 8.63. The average molecular weight is 367 g/mol. The van der Waals surface area contributed by atoms with Gasteiger partial charge in [-0.25, -0.2) is 0 Å². The van der Waals surface area contributed by atoms with Crippen LogP contribution in [-0.2, 0) is 9.59 Å². The second-order valence-electron chi connectivity index (χ2n) is 5.58.